The molecule has 5 nitrogen and oxygen atoms in total. The summed E-state index contributed by atoms with van der Waals surface area (Å²) < 4.78 is 5.03. The quantitative estimate of drug-likeness (QED) is 0.682. The van der Waals surface area contributed by atoms with Crippen molar-refractivity contribution in [1.29, 1.82) is 0 Å². The Morgan fingerprint density at radius 3 is 3.15 bits per heavy atom. The van der Waals surface area contributed by atoms with Crippen molar-refractivity contribution in [2.24, 2.45) is 5.73 Å². The molecule has 13 heavy (non-hydrogen) atoms. The molecule has 70 valence electrons. The number of rotatable bonds is 2. The first-order chi connectivity index (χ1) is 6.25. The van der Waals surface area contributed by atoms with E-state index in [0.717, 1.165) is 0 Å². The van der Waals surface area contributed by atoms with Crippen LogP contribution in [0.4, 0.5) is 0 Å². The molecule has 1 unspecified atom stereocenters. The Labute approximate surface area is 75.5 Å². The Bertz CT molecular complexity index is 296. The van der Waals surface area contributed by atoms with Crippen molar-refractivity contribution in [3.63, 3.8) is 0 Å². The van der Waals surface area contributed by atoms with Crippen molar-refractivity contribution in [1.82, 2.24) is 9.88 Å². The molecule has 1 atom stereocenters. The third-order valence-corrected chi connectivity index (χ3v) is 2.07. The molecule has 1 amide bonds. The van der Waals surface area contributed by atoms with E-state index in [-0.39, 0.29) is 11.9 Å². The molecule has 0 bridgehead atoms. The van der Waals surface area contributed by atoms with Gasteiger partial charge in [0, 0.05) is 19.0 Å². The molecule has 2 N–H and O–H groups in total. The number of hydrogen-bond acceptors (Lipinski definition) is 4. The van der Waals surface area contributed by atoms with Gasteiger partial charge in [-0.05, 0) is 0 Å². The van der Waals surface area contributed by atoms with Crippen LogP contribution >= 0.6 is 0 Å². The maximum absolute atomic E-state index is 11.3. The minimum atomic E-state index is -0.0320. The fourth-order valence-electron chi connectivity index (χ4n) is 1.46. The number of amides is 1. The van der Waals surface area contributed by atoms with E-state index in [0.29, 0.717) is 25.3 Å². The third-order valence-electron chi connectivity index (χ3n) is 2.07. The Morgan fingerprint density at radius 1 is 1.77 bits per heavy atom. The summed E-state index contributed by atoms with van der Waals surface area (Å²) in [4.78, 5) is 16.8. The predicted molar refractivity (Wildman–Crippen MR) is 44.5 cm³/mol. The standard InChI is InChI=1S/C8H11N3O2/c9-6-1-8(12)11(3-6)4-7-2-10-5-13-7/h2,5-6H,1,3-4,9H2. The van der Waals surface area contributed by atoms with Gasteiger partial charge in [-0.25, -0.2) is 4.98 Å². The van der Waals surface area contributed by atoms with E-state index in [1.807, 2.05) is 0 Å². The van der Waals surface area contributed by atoms with Gasteiger partial charge < -0.3 is 15.1 Å². The van der Waals surface area contributed by atoms with E-state index in [1.165, 1.54) is 6.39 Å². The van der Waals surface area contributed by atoms with Crippen LogP contribution in [0.3, 0.4) is 0 Å². The molecule has 5 heteroatoms. The zero-order valence-electron chi connectivity index (χ0n) is 7.14. The van der Waals surface area contributed by atoms with Crippen LogP contribution in [-0.2, 0) is 11.3 Å². The second-order valence-electron chi connectivity index (χ2n) is 3.21. The number of nitrogens with zero attached hydrogens (tertiary/aromatic N) is 2. The van der Waals surface area contributed by atoms with E-state index >= 15 is 0 Å². The van der Waals surface area contributed by atoms with Crippen molar-refractivity contribution in [2.45, 2.75) is 19.0 Å². The first-order valence-electron chi connectivity index (χ1n) is 4.16. The summed E-state index contributed by atoms with van der Waals surface area (Å²) in [5.74, 6) is 0.784. The monoisotopic (exact) mass is 181 g/mol. The van der Waals surface area contributed by atoms with Crippen molar-refractivity contribution < 1.29 is 9.21 Å². The minimum Gasteiger partial charge on any atom is -0.447 e. The maximum atomic E-state index is 11.3. The topological polar surface area (TPSA) is 72.4 Å². The number of aromatic nitrogens is 1. The van der Waals surface area contributed by atoms with Crippen LogP contribution in [0.1, 0.15) is 12.2 Å². The first kappa shape index (κ1) is 8.25. The second kappa shape index (κ2) is 3.18. The second-order valence-corrected chi connectivity index (χ2v) is 3.21. The van der Waals surface area contributed by atoms with Crippen LogP contribution in [0.5, 0.6) is 0 Å². The molecule has 0 radical (unpaired) electrons. The molecular weight excluding hydrogens is 170 g/mol. The van der Waals surface area contributed by atoms with Gasteiger partial charge in [-0.15, -0.1) is 0 Å². The van der Waals surface area contributed by atoms with Crippen LogP contribution in [0.15, 0.2) is 17.0 Å². The Morgan fingerprint density at radius 2 is 2.62 bits per heavy atom. The van der Waals surface area contributed by atoms with Crippen LogP contribution in [0.25, 0.3) is 0 Å². The Balaban J connectivity index is 1.99. The number of carbonyl (C=O) groups is 1. The lowest BCUT2D eigenvalue weighted by Gasteiger charge is -2.12. The molecule has 2 rings (SSSR count). The van der Waals surface area contributed by atoms with Crippen molar-refractivity contribution >= 4 is 5.91 Å². The summed E-state index contributed by atoms with van der Waals surface area (Å²) in [6.07, 6.45) is 3.40. The van der Waals surface area contributed by atoms with Gasteiger partial charge in [0.1, 0.15) is 5.76 Å². The van der Waals surface area contributed by atoms with Gasteiger partial charge in [-0.2, -0.15) is 0 Å². The van der Waals surface area contributed by atoms with Crippen LogP contribution in [0.2, 0.25) is 0 Å². The van der Waals surface area contributed by atoms with E-state index in [2.05, 4.69) is 4.98 Å². The van der Waals surface area contributed by atoms with Gasteiger partial charge >= 0.3 is 0 Å². The number of nitrogens with two attached hydrogens (primary N) is 1. The highest BCUT2D eigenvalue weighted by Gasteiger charge is 2.27. The van der Waals surface area contributed by atoms with E-state index in [4.69, 9.17) is 10.2 Å². The van der Waals surface area contributed by atoms with Gasteiger partial charge in [-0.3, -0.25) is 4.79 Å². The van der Waals surface area contributed by atoms with Crippen molar-refractivity contribution in [2.75, 3.05) is 6.54 Å². The number of carbonyl (C=O) groups excluding carboxylic acids is 1. The van der Waals surface area contributed by atoms with Gasteiger partial charge in [0.05, 0.1) is 12.7 Å². The molecule has 0 aromatic carbocycles. The lowest BCUT2D eigenvalue weighted by Crippen LogP contribution is -2.27. The number of oxazole rings is 1. The normalized spacial score (nSPS) is 22.7. The minimum absolute atomic E-state index is 0.0320. The largest absolute Gasteiger partial charge is 0.447 e. The predicted octanol–water partition coefficient (Wildman–Crippen LogP) is -0.266. The van der Waals surface area contributed by atoms with Crippen molar-refractivity contribution in [3.8, 4) is 0 Å². The highest BCUT2D eigenvalue weighted by Crippen LogP contribution is 2.12. The lowest BCUT2D eigenvalue weighted by atomic mass is 10.3. The molecule has 0 spiro atoms. The lowest BCUT2D eigenvalue weighted by molar-refractivity contribution is -0.128. The Hall–Kier alpha value is -1.36. The van der Waals surface area contributed by atoms with E-state index in [1.54, 1.807) is 11.1 Å². The third kappa shape index (κ3) is 1.70. The fraction of sp³-hybridized carbons (Fsp3) is 0.500. The molecular formula is C8H11N3O2. The fourth-order valence-corrected chi connectivity index (χ4v) is 1.46. The van der Waals surface area contributed by atoms with Gasteiger partial charge in [0.15, 0.2) is 6.39 Å². The van der Waals surface area contributed by atoms with E-state index in [9.17, 15) is 4.79 Å². The van der Waals surface area contributed by atoms with Gasteiger partial charge in [0.2, 0.25) is 5.91 Å². The number of likely N-dealkylation sites (tertiary alicyclic amines) is 1. The summed E-state index contributed by atoms with van der Waals surface area (Å²) in [6.45, 7) is 1.09. The summed E-state index contributed by atoms with van der Waals surface area (Å²) in [6, 6.07) is -0.0320. The summed E-state index contributed by atoms with van der Waals surface area (Å²) in [5, 5.41) is 0. The molecule has 0 aliphatic carbocycles. The smallest absolute Gasteiger partial charge is 0.224 e. The average molecular weight is 181 g/mol. The zero-order chi connectivity index (χ0) is 9.26. The van der Waals surface area contributed by atoms with Crippen LogP contribution in [-0.4, -0.2) is 28.4 Å². The van der Waals surface area contributed by atoms with E-state index < -0.39 is 0 Å². The molecule has 1 fully saturated rings. The molecule has 2 heterocycles. The molecule has 1 aliphatic rings. The summed E-state index contributed by atoms with van der Waals surface area (Å²) >= 11 is 0. The first-order valence-corrected chi connectivity index (χ1v) is 4.16. The average Bonchev–Trinajstić information content (AvgIpc) is 2.63. The number of hydrogen-bond donors (Lipinski definition) is 1. The zero-order valence-corrected chi connectivity index (χ0v) is 7.14. The van der Waals surface area contributed by atoms with Crippen molar-refractivity contribution in [3.05, 3.63) is 18.4 Å². The molecule has 1 saturated heterocycles. The van der Waals surface area contributed by atoms with Crippen LogP contribution < -0.4 is 5.73 Å². The summed E-state index contributed by atoms with van der Waals surface area (Å²) in [7, 11) is 0. The Kier molecular flexibility index (Phi) is 2.02. The molecule has 1 aliphatic heterocycles. The molecule has 1 aromatic heterocycles. The molecule has 1 aromatic rings. The van der Waals surface area contributed by atoms with Gasteiger partial charge in [0.25, 0.3) is 0 Å². The maximum Gasteiger partial charge on any atom is 0.224 e. The van der Waals surface area contributed by atoms with Gasteiger partial charge in [-0.1, -0.05) is 0 Å². The summed E-state index contributed by atoms with van der Waals surface area (Å²) in [5.41, 5.74) is 5.64. The highest BCUT2D eigenvalue weighted by molar-refractivity contribution is 5.79. The van der Waals surface area contributed by atoms with Crippen LogP contribution in [0, 0.1) is 0 Å². The SMILES string of the molecule is NC1CC(=O)N(Cc2cnco2)C1. The highest BCUT2D eigenvalue weighted by atomic mass is 16.3. The molecule has 0 saturated carbocycles.